The molecule has 1 atom stereocenters. The molecule has 1 aromatic heterocycles. The molecular weight excluding hydrogens is 290 g/mol. The zero-order valence-electron chi connectivity index (χ0n) is 12.4. The average molecular weight is 311 g/mol. The van der Waals surface area contributed by atoms with E-state index in [1.165, 1.54) is 4.90 Å². The molecule has 1 fully saturated rings. The van der Waals surface area contributed by atoms with Crippen LogP contribution in [0.1, 0.15) is 35.8 Å². The zero-order valence-corrected chi connectivity index (χ0v) is 13.2. The van der Waals surface area contributed by atoms with Crippen molar-refractivity contribution in [3.8, 4) is 0 Å². The highest BCUT2D eigenvalue weighted by molar-refractivity contribution is 7.91. The SMILES string of the molecule is CCCc1cc(C(=O)N(C)C2CCS(=O)(=O)C2)cc(N)n1. The van der Waals surface area contributed by atoms with Gasteiger partial charge in [-0.3, -0.25) is 4.79 Å². The van der Waals surface area contributed by atoms with Crippen LogP contribution in [0.25, 0.3) is 0 Å². The number of aromatic nitrogens is 1. The van der Waals surface area contributed by atoms with Crippen molar-refractivity contribution in [2.24, 2.45) is 0 Å². The topological polar surface area (TPSA) is 93.4 Å². The van der Waals surface area contributed by atoms with Gasteiger partial charge in [0.05, 0.1) is 11.5 Å². The van der Waals surface area contributed by atoms with Crippen molar-refractivity contribution in [1.82, 2.24) is 9.88 Å². The van der Waals surface area contributed by atoms with Crippen LogP contribution in [-0.4, -0.2) is 48.8 Å². The van der Waals surface area contributed by atoms with Gasteiger partial charge >= 0.3 is 0 Å². The molecule has 2 rings (SSSR count). The van der Waals surface area contributed by atoms with Crippen molar-refractivity contribution < 1.29 is 13.2 Å². The van der Waals surface area contributed by atoms with E-state index in [0.29, 0.717) is 17.8 Å². The normalized spacial score (nSPS) is 20.4. The number of amides is 1. The summed E-state index contributed by atoms with van der Waals surface area (Å²) in [7, 11) is -1.37. The lowest BCUT2D eigenvalue weighted by atomic mass is 10.1. The number of nitrogens with two attached hydrogens (primary N) is 1. The highest BCUT2D eigenvalue weighted by atomic mass is 32.2. The lowest BCUT2D eigenvalue weighted by Crippen LogP contribution is -2.37. The lowest BCUT2D eigenvalue weighted by molar-refractivity contribution is 0.0747. The van der Waals surface area contributed by atoms with Gasteiger partial charge in [-0.05, 0) is 25.0 Å². The number of carbonyl (C=O) groups excluding carboxylic acids is 1. The van der Waals surface area contributed by atoms with Crippen LogP contribution in [-0.2, 0) is 16.3 Å². The van der Waals surface area contributed by atoms with Crippen molar-refractivity contribution in [2.75, 3.05) is 24.3 Å². The van der Waals surface area contributed by atoms with E-state index < -0.39 is 9.84 Å². The Morgan fingerprint density at radius 1 is 1.48 bits per heavy atom. The summed E-state index contributed by atoms with van der Waals surface area (Å²) in [5, 5.41) is 0. The van der Waals surface area contributed by atoms with E-state index in [-0.39, 0.29) is 23.5 Å². The smallest absolute Gasteiger partial charge is 0.254 e. The van der Waals surface area contributed by atoms with Gasteiger partial charge in [0.15, 0.2) is 9.84 Å². The van der Waals surface area contributed by atoms with Gasteiger partial charge in [0.2, 0.25) is 0 Å². The minimum Gasteiger partial charge on any atom is -0.384 e. The molecule has 21 heavy (non-hydrogen) atoms. The van der Waals surface area contributed by atoms with Gasteiger partial charge in [-0.15, -0.1) is 0 Å². The summed E-state index contributed by atoms with van der Waals surface area (Å²) in [5.74, 6) is 0.298. The van der Waals surface area contributed by atoms with Crippen LogP contribution in [0, 0.1) is 0 Å². The minimum absolute atomic E-state index is 0.0393. The van der Waals surface area contributed by atoms with Crippen LogP contribution >= 0.6 is 0 Å². The number of carbonyl (C=O) groups is 1. The number of pyridine rings is 1. The van der Waals surface area contributed by atoms with Crippen molar-refractivity contribution in [3.05, 3.63) is 23.4 Å². The number of aryl methyl sites for hydroxylation is 1. The first-order valence-corrected chi connectivity index (χ1v) is 8.88. The van der Waals surface area contributed by atoms with E-state index in [1.54, 1.807) is 19.2 Å². The first-order chi connectivity index (χ1) is 9.82. The maximum absolute atomic E-state index is 12.5. The Bertz CT molecular complexity index is 643. The largest absolute Gasteiger partial charge is 0.384 e. The predicted octanol–water partition coefficient (Wildman–Crippen LogP) is 0.875. The van der Waals surface area contributed by atoms with Gasteiger partial charge < -0.3 is 10.6 Å². The zero-order chi connectivity index (χ0) is 15.6. The highest BCUT2D eigenvalue weighted by Gasteiger charge is 2.33. The van der Waals surface area contributed by atoms with Crippen molar-refractivity contribution in [1.29, 1.82) is 0 Å². The third kappa shape index (κ3) is 3.72. The predicted molar refractivity (Wildman–Crippen MR) is 81.8 cm³/mol. The molecule has 1 saturated heterocycles. The fraction of sp³-hybridized carbons (Fsp3) is 0.571. The van der Waals surface area contributed by atoms with Crippen molar-refractivity contribution >= 4 is 21.6 Å². The quantitative estimate of drug-likeness (QED) is 0.890. The highest BCUT2D eigenvalue weighted by Crippen LogP contribution is 2.19. The number of anilines is 1. The van der Waals surface area contributed by atoms with Crippen molar-refractivity contribution in [3.63, 3.8) is 0 Å². The van der Waals surface area contributed by atoms with Crippen LogP contribution in [0.5, 0.6) is 0 Å². The molecule has 0 saturated carbocycles. The number of nitrogen functional groups attached to an aromatic ring is 1. The van der Waals surface area contributed by atoms with Crippen LogP contribution in [0.15, 0.2) is 12.1 Å². The van der Waals surface area contributed by atoms with Crippen molar-refractivity contribution in [2.45, 2.75) is 32.2 Å². The lowest BCUT2D eigenvalue weighted by Gasteiger charge is -2.23. The van der Waals surface area contributed by atoms with Gasteiger partial charge in [0.1, 0.15) is 5.82 Å². The first-order valence-electron chi connectivity index (χ1n) is 7.06. The van der Waals surface area contributed by atoms with Gasteiger partial charge in [0.25, 0.3) is 5.91 Å². The van der Waals surface area contributed by atoms with Crippen LogP contribution in [0.3, 0.4) is 0 Å². The summed E-state index contributed by atoms with van der Waals surface area (Å²) in [6.45, 7) is 2.03. The first kappa shape index (κ1) is 15.8. The standard InChI is InChI=1S/C14H21N3O3S/c1-3-4-11-7-10(8-13(15)16-11)14(18)17(2)12-5-6-21(19,20)9-12/h7-8,12H,3-6,9H2,1-2H3,(H2,15,16). The summed E-state index contributed by atoms with van der Waals surface area (Å²) in [4.78, 5) is 18.2. The number of rotatable bonds is 4. The molecule has 0 radical (unpaired) electrons. The molecule has 1 aliphatic heterocycles. The monoisotopic (exact) mass is 311 g/mol. The summed E-state index contributed by atoms with van der Waals surface area (Å²) < 4.78 is 23.1. The Morgan fingerprint density at radius 2 is 2.19 bits per heavy atom. The summed E-state index contributed by atoms with van der Waals surface area (Å²) >= 11 is 0. The Hall–Kier alpha value is -1.63. The summed E-state index contributed by atoms with van der Waals surface area (Å²) in [6.07, 6.45) is 2.17. The maximum Gasteiger partial charge on any atom is 0.254 e. The Labute approximate surface area is 125 Å². The van der Waals surface area contributed by atoms with E-state index in [1.807, 2.05) is 6.92 Å². The van der Waals surface area contributed by atoms with Gasteiger partial charge in [0, 0.05) is 24.3 Å². The van der Waals surface area contributed by atoms with E-state index in [2.05, 4.69) is 4.98 Å². The molecule has 1 amide bonds. The molecule has 7 heteroatoms. The second-order valence-electron chi connectivity index (χ2n) is 5.49. The van der Waals surface area contributed by atoms with Gasteiger partial charge in [-0.25, -0.2) is 13.4 Å². The Balaban J connectivity index is 2.19. The van der Waals surface area contributed by atoms with Gasteiger partial charge in [-0.1, -0.05) is 13.3 Å². The molecule has 1 unspecified atom stereocenters. The fourth-order valence-corrected chi connectivity index (χ4v) is 4.34. The molecule has 1 aromatic rings. The molecule has 116 valence electrons. The average Bonchev–Trinajstić information content (AvgIpc) is 2.77. The second-order valence-corrected chi connectivity index (χ2v) is 7.72. The summed E-state index contributed by atoms with van der Waals surface area (Å²) in [5.41, 5.74) is 7.00. The number of hydrogen-bond acceptors (Lipinski definition) is 5. The van der Waals surface area contributed by atoms with E-state index >= 15 is 0 Å². The fourth-order valence-electron chi connectivity index (χ4n) is 2.57. The molecule has 0 aliphatic carbocycles. The van der Waals surface area contributed by atoms with Crippen LogP contribution < -0.4 is 5.73 Å². The molecule has 6 nitrogen and oxygen atoms in total. The third-order valence-electron chi connectivity index (χ3n) is 3.73. The van der Waals surface area contributed by atoms with Crippen LogP contribution in [0.2, 0.25) is 0 Å². The second kappa shape index (κ2) is 6.01. The van der Waals surface area contributed by atoms with E-state index in [9.17, 15) is 13.2 Å². The molecule has 2 N–H and O–H groups in total. The van der Waals surface area contributed by atoms with Gasteiger partial charge in [-0.2, -0.15) is 0 Å². The molecular formula is C14H21N3O3S. The Kier molecular flexibility index (Phi) is 4.51. The number of sulfone groups is 1. The third-order valence-corrected chi connectivity index (χ3v) is 5.48. The van der Waals surface area contributed by atoms with E-state index in [4.69, 9.17) is 5.73 Å². The molecule has 2 heterocycles. The summed E-state index contributed by atoms with van der Waals surface area (Å²) in [6, 6.07) is 3.02. The van der Waals surface area contributed by atoms with Crippen LogP contribution in [0.4, 0.5) is 5.82 Å². The molecule has 0 bridgehead atoms. The molecule has 0 aromatic carbocycles. The number of hydrogen-bond donors (Lipinski definition) is 1. The molecule has 1 aliphatic rings. The Morgan fingerprint density at radius 3 is 2.76 bits per heavy atom. The molecule has 0 spiro atoms. The maximum atomic E-state index is 12.5. The van der Waals surface area contributed by atoms with E-state index in [0.717, 1.165) is 18.5 Å². The number of nitrogens with zero attached hydrogens (tertiary/aromatic N) is 2. The minimum atomic E-state index is -3.01.